The first-order valence-electron chi connectivity index (χ1n) is 9.55. The average Bonchev–Trinajstić information content (AvgIpc) is 2.76. The summed E-state index contributed by atoms with van der Waals surface area (Å²) in [7, 11) is 3.43. The van der Waals surface area contributed by atoms with Crippen LogP contribution in [0, 0.1) is 5.82 Å². The van der Waals surface area contributed by atoms with Gasteiger partial charge in [0.1, 0.15) is 11.9 Å². The molecule has 3 aromatic rings. The van der Waals surface area contributed by atoms with E-state index in [4.69, 9.17) is 0 Å². The van der Waals surface area contributed by atoms with Crippen LogP contribution in [0.1, 0.15) is 17.3 Å². The minimum atomic E-state index is -0.582. The number of hydrogen-bond acceptors (Lipinski definition) is 6. The highest BCUT2D eigenvalue weighted by molar-refractivity contribution is 6.08. The van der Waals surface area contributed by atoms with Gasteiger partial charge >= 0.3 is 0 Å². The van der Waals surface area contributed by atoms with E-state index in [0.29, 0.717) is 46.8 Å². The molecule has 0 bridgehead atoms. The number of rotatable bonds is 3. The lowest BCUT2D eigenvalue weighted by atomic mass is 10.0. The van der Waals surface area contributed by atoms with E-state index in [1.165, 1.54) is 18.2 Å². The molecule has 9 heteroatoms. The molecule has 4 rings (SSSR count). The van der Waals surface area contributed by atoms with Crippen LogP contribution in [0.5, 0.6) is 0 Å². The van der Waals surface area contributed by atoms with Crippen LogP contribution in [-0.2, 0) is 4.79 Å². The number of benzene rings is 1. The second-order valence-corrected chi connectivity index (χ2v) is 7.20. The molecule has 2 aromatic heterocycles. The monoisotopic (exact) mass is 408 g/mol. The summed E-state index contributed by atoms with van der Waals surface area (Å²) in [5.74, 6) is -0.408. The summed E-state index contributed by atoms with van der Waals surface area (Å²) in [6, 6.07) is 5.19. The zero-order chi connectivity index (χ0) is 21.4. The first-order chi connectivity index (χ1) is 14.4. The molecule has 1 aliphatic heterocycles. The number of likely N-dealkylation sites (N-methyl/N-ethyl adjacent to an activating group) is 1. The van der Waals surface area contributed by atoms with Gasteiger partial charge in [0.15, 0.2) is 0 Å². The normalized spacial score (nSPS) is 16.8. The number of hydrogen-bond donors (Lipinski definition) is 1. The molecule has 2 amide bonds. The van der Waals surface area contributed by atoms with Crippen molar-refractivity contribution in [1.29, 1.82) is 0 Å². The molecule has 0 spiro atoms. The zero-order valence-corrected chi connectivity index (χ0v) is 16.9. The minimum absolute atomic E-state index is 0.115. The van der Waals surface area contributed by atoms with E-state index in [-0.39, 0.29) is 11.8 Å². The van der Waals surface area contributed by atoms with E-state index < -0.39 is 11.9 Å². The van der Waals surface area contributed by atoms with E-state index in [1.807, 2.05) is 0 Å². The van der Waals surface area contributed by atoms with E-state index in [1.54, 1.807) is 49.3 Å². The molecule has 0 saturated carbocycles. The fraction of sp³-hybridized carbons (Fsp3) is 0.286. The topological polar surface area (TPSA) is 91.3 Å². The van der Waals surface area contributed by atoms with Gasteiger partial charge in [0.05, 0.1) is 16.8 Å². The fourth-order valence-electron chi connectivity index (χ4n) is 3.56. The van der Waals surface area contributed by atoms with E-state index in [2.05, 4.69) is 20.3 Å². The molecule has 154 valence electrons. The van der Waals surface area contributed by atoms with Crippen LogP contribution in [0.2, 0.25) is 0 Å². The van der Waals surface area contributed by atoms with E-state index in [9.17, 15) is 14.0 Å². The Morgan fingerprint density at radius 3 is 2.63 bits per heavy atom. The molecule has 30 heavy (non-hydrogen) atoms. The lowest BCUT2D eigenvalue weighted by Crippen LogP contribution is -2.56. The molecular weight excluding hydrogens is 387 g/mol. The summed E-state index contributed by atoms with van der Waals surface area (Å²) < 4.78 is 13.9. The van der Waals surface area contributed by atoms with Crippen LogP contribution in [0.3, 0.4) is 0 Å². The molecule has 1 aromatic carbocycles. The van der Waals surface area contributed by atoms with Gasteiger partial charge in [-0.3, -0.25) is 9.59 Å². The summed E-state index contributed by atoms with van der Waals surface area (Å²) in [5.41, 5.74) is 1.75. The van der Waals surface area contributed by atoms with Crippen LogP contribution in [0.4, 0.5) is 10.3 Å². The Hall–Kier alpha value is -3.62. The third-order valence-electron chi connectivity index (χ3n) is 5.31. The highest BCUT2D eigenvalue weighted by Crippen LogP contribution is 2.27. The Balaban J connectivity index is 1.83. The van der Waals surface area contributed by atoms with Crippen molar-refractivity contribution < 1.29 is 14.0 Å². The highest BCUT2D eigenvalue weighted by Gasteiger charge is 2.33. The number of piperazine rings is 1. The molecule has 8 nitrogen and oxygen atoms in total. The number of carbonyl (C=O) groups is 2. The third kappa shape index (κ3) is 3.42. The molecule has 0 aliphatic carbocycles. The number of nitrogens with one attached hydrogen (secondary N) is 1. The predicted molar refractivity (Wildman–Crippen MR) is 110 cm³/mol. The molecule has 1 N–H and O–H groups in total. The number of amides is 2. The Morgan fingerprint density at radius 1 is 1.20 bits per heavy atom. The van der Waals surface area contributed by atoms with Crippen LogP contribution in [0.25, 0.3) is 22.2 Å². The lowest BCUT2D eigenvalue weighted by molar-refractivity contribution is -0.137. The average molecular weight is 408 g/mol. The van der Waals surface area contributed by atoms with Crippen LogP contribution < -0.4 is 5.32 Å². The Kier molecular flexibility index (Phi) is 5.03. The molecular formula is C21H21FN6O2. The number of anilines is 1. The van der Waals surface area contributed by atoms with Crippen molar-refractivity contribution in [1.82, 2.24) is 24.8 Å². The lowest BCUT2D eigenvalue weighted by Gasteiger charge is -2.37. The largest absolute Gasteiger partial charge is 0.357 e. The summed E-state index contributed by atoms with van der Waals surface area (Å²) in [5, 5.41) is 3.36. The maximum atomic E-state index is 13.9. The Labute approximate surface area is 172 Å². The highest BCUT2D eigenvalue weighted by atomic mass is 19.1. The molecule has 1 saturated heterocycles. The second kappa shape index (κ2) is 7.66. The van der Waals surface area contributed by atoms with Crippen molar-refractivity contribution in [3.8, 4) is 11.3 Å². The van der Waals surface area contributed by atoms with Gasteiger partial charge in [-0.1, -0.05) is 0 Å². The van der Waals surface area contributed by atoms with Gasteiger partial charge in [0, 0.05) is 56.6 Å². The van der Waals surface area contributed by atoms with Crippen molar-refractivity contribution in [2.24, 2.45) is 0 Å². The predicted octanol–water partition coefficient (Wildman–Crippen LogP) is 2.18. The van der Waals surface area contributed by atoms with Crippen LogP contribution >= 0.6 is 0 Å². The van der Waals surface area contributed by atoms with Gasteiger partial charge in [-0.2, -0.15) is 0 Å². The van der Waals surface area contributed by atoms with E-state index in [0.717, 1.165) is 0 Å². The Bertz CT molecular complexity index is 1130. The minimum Gasteiger partial charge on any atom is -0.357 e. The first-order valence-corrected chi connectivity index (χ1v) is 9.55. The van der Waals surface area contributed by atoms with Crippen molar-refractivity contribution in [3.63, 3.8) is 0 Å². The summed E-state index contributed by atoms with van der Waals surface area (Å²) in [6.07, 6.45) is 3.17. The fourth-order valence-corrected chi connectivity index (χ4v) is 3.56. The SMILES string of the molecule is CNc1ncc(-c2cc(C(=O)N3CCN(C)C(=O)[C@@H]3C)c3ccc(F)cc3n2)cn1. The smallest absolute Gasteiger partial charge is 0.255 e. The zero-order valence-electron chi connectivity index (χ0n) is 16.9. The second-order valence-electron chi connectivity index (χ2n) is 7.20. The van der Waals surface area contributed by atoms with Gasteiger partial charge < -0.3 is 15.1 Å². The maximum absolute atomic E-state index is 13.9. The summed E-state index contributed by atoms with van der Waals surface area (Å²) in [4.78, 5) is 41.8. The quantitative estimate of drug-likeness (QED) is 0.714. The molecule has 3 heterocycles. The van der Waals surface area contributed by atoms with E-state index >= 15 is 0 Å². The van der Waals surface area contributed by atoms with Gasteiger partial charge in [0.25, 0.3) is 5.91 Å². The molecule has 1 atom stereocenters. The number of nitrogens with zero attached hydrogens (tertiary/aromatic N) is 5. The van der Waals surface area contributed by atoms with Gasteiger partial charge in [-0.05, 0) is 25.1 Å². The number of pyridine rings is 1. The number of halogens is 1. The molecule has 0 radical (unpaired) electrons. The maximum Gasteiger partial charge on any atom is 0.255 e. The summed E-state index contributed by atoms with van der Waals surface area (Å²) >= 11 is 0. The summed E-state index contributed by atoms with van der Waals surface area (Å²) in [6.45, 7) is 2.59. The molecule has 0 unspecified atom stereocenters. The number of fused-ring (bicyclic) bond motifs is 1. The van der Waals surface area contributed by atoms with Gasteiger partial charge in [-0.25, -0.2) is 19.3 Å². The first kappa shape index (κ1) is 19.7. The molecule has 1 aliphatic rings. The van der Waals surface area contributed by atoms with Gasteiger partial charge in [-0.15, -0.1) is 0 Å². The van der Waals surface area contributed by atoms with Crippen molar-refractivity contribution >= 4 is 28.7 Å². The molecule has 1 fully saturated rings. The standard InChI is InChI=1S/C21H21FN6O2/c1-12-19(29)27(3)6-7-28(12)20(30)16-9-17(13-10-24-21(23-2)25-11-13)26-18-8-14(22)4-5-15(16)18/h4-5,8-12H,6-7H2,1-3H3,(H,23,24,25)/t12-/m0/s1. The van der Waals surface area contributed by atoms with Crippen molar-refractivity contribution in [2.75, 3.05) is 32.5 Å². The van der Waals surface area contributed by atoms with Gasteiger partial charge in [0.2, 0.25) is 11.9 Å². The number of carbonyl (C=O) groups excluding carboxylic acids is 2. The third-order valence-corrected chi connectivity index (χ3v) is 5.31. The van der Waals surface area contributed by atoms with Crippen molar-refractivity contribution in [2.45, 2.75) is 13.0 Å². The van der Waals surface area contributed by atoms with Crippen LogP contribution in [-0.4, -0.2) is 69.8 Å². The Morgan fingerprint density at radius 2 is 1.93 bits per heavy atom. The number of aromatic nitrogens is 3. The van der Waals surface area contributed by atoms with Crippen molar-refractivity contribution in [3.05, 3.63) is 48.0 Å². The van der Waals surface area contributed by atoms with Crippen LogP contribution in [0.15, 0.2) is 36.7 Å².